The van der Waals surface area contributed by atoms with Crippen molar-refractivity contribution in [2.45, 2.75) is 19.4 Å². The third-order valence-corrected chi connectivity index (χ3v) is 3.61. The highest BCUT2D eigenvalue weighted by Crippen LogP contribution is 2.33. The van der Waals surface area contributed by atoms with E-state index in [9.17, 15) is 9.90 Å². The van der Waals surface area contributed by atoms with Gasteiger partial charge in [0.2, 0.25) is 5.91 Å². The number of ether oxygens (including phenoxy) is 1. The highest BCUT2D eigenvalue weighted by atomic mass is 35.5. The highest BCUT2D eigenvalue weighted by Gasteiger charge is 2.17. The molecule has 0 bridgehead atoms. The monoisotopic (exact) mass is 298 g/mol. The van der Waals surface area contributed by atoms with Gasteiger partial charge in [0.1, 0.15) is 0 Å². The number of nitrogens with zero attached hydrogens (tertiary/aromatic N) is 1. The zero-order valence-electron chi connectivity index (χ0n) is 11.5. The Kier molecular flexibility index (Phi) is 5.09. The molecule has 2 N–H and O–H groups in total. The molecule has 0 saturated carbocycles. The fourth-order valence-corrected chi connectivity index (χ4v) is 2.53. The number of rotatable bonds is 5. The molecule has 1 amide bonds. The number of hydrogen-bond donors (Lipinski definition) is 2. The van der Waals surface area contributed by atoms with E-state index in [-0.39, 0.29) is 18.2 Å². The summed E-state index contributed by atoms with van der Waals surface area (Å²) in [5.74, 6) is 0.481. The van der Waals surface area contributed by atoms with Crippen molar-refractivity contribution in [2.75, 3.05) is 26.7 Å². The number of methoxy groups -OCH3 is 1. The van der Waals surface area contributed by atoms with Crippen LogP contribution in [0.2, 0.25) is 5.02 Å². The number of halogens is 1. The minimum atomic E-state index is 0.0537. The molecule has 0 radical (unpaired) electrons. The molecule has 2 rings (SSSR count). The summed E-state index contributed by atoms with van der Waals surface area (Å²) in [5.41, 5.74) is 0.614. The summed E-state index contributed by atoms with van der Waals surface area (Å²) in [7, 11) is 1.47. The van der Waals surface area contributed by atoms with Gasteiger partial charge in [-0.15, -0.1) is 0 Å². The van der Waals surface area contributed by atoms with Crippen molar-refractivity contribution in [3.8, 4) is 11.5 Å². The van der Waals surface area contributed by atoms with Crippen molar-refractivity contribution >= 4 is 17.5 Å². The molecule has 1 aliphatic heterocycles. The third-order valence-electron chi connectivity index (χ3n) is 3.39. The zero-order chi connectivity index (χ0) is 14.5. The molecular weight excluding hydrogens is 280 g/mol. The van der Waals surface area contributed by atoms with E-state index in [1.807, 2.05) is 4.90 Å². The van der Waals surface area contributed by atoms with Gasteiger partial charge in [-0.25, -0.2) is 0 Å². The Morgan fingerprint density at radius 3 is 2.80 bits per heavy atom. The average Bonchev–Trinajstić information content (AvgIpc) is 2.96. The summed E-state index contributed by atoms with van der Waals surface area (Å²) in [6.07, 6.45) is 2.16. The molecule has 20 heavy (non-hydrogen) atoms. The van der Waals surface area contributed by atoms with Crippen molar-refractivity contribution in [3.05, 3.63) is 22.7 Å². The van der Waals surface area contributed by atoms with E-state index in [2.05, 4.69) is 5.32 Å². The van der Waals surface area contributed by atoms with Crippen LogP contribution in [0.15, 0.2) is 12.1 Å². The summed E-state index contributed by atoms with van der Waals surface area (Å²) in [4.78, 5) is 13.7. The molecule has 0 atom stereocenters. The van der Waals surface area contributed by atoms with Crippen LogP contribution in [-0.4, -0.2) is 42.7 Å². The normalized spacial score (nSPS) is 14.6. The third kappa shape index (κ3) is 3.55. The van der Waals surface area contributed by atoms with Gasteiger partial charge in [-0.1, -0.05) is 11.6 Å². The Balaban J connectivity index is 1.90. The number of carbonyl (C=O) groups is 1. The lowest BCUT2D eigenvalue weighted by molar-refractivity contribution is -0.129. The summed E-state index contributed by atoms with van der Waals surface area (Å²) >= 11 is 5.95. The molecule has 0 aliphatic carbocycles. The van der Waals surface area contributed by atoms with Gasteiger partial charge in [0.05, 0.1) is 13.7 Å². The lowest BCUT2D eigenvalue weighted by Crippen LogP contribution is -2.35. The SMILES string of the molecule is COc1cc(Cl)cc(CNCC(=O)N2CCCC2)c1O. The van der Waals surface area contributed by atoms with Crippen molar-refractivity contribution in [3.63, 3.8) is 0 Å². The van der Waals surface area contributed by atoms with E-state index in [0.717, 1.165) is 25.9 Å². The van der Waals surface area contributed by atoms with Crippen molar-refractivity contribution in [1.82, 2.24) is 10.2 Å². The number of phenols is 1. The van der Waals surface area contributed by atoms with Crippen molar-refractivity contribution in [1.29, 1.82) is 0 Å². The van der Waals surface area contributed by atoms with E-state index in [0.29, 0.717) is 22.9 Å². The molecule has 0 unspecified atom stereocenters. The largest absolute Gasteiger partial charge is 0.504 e. The minimum absolute atomic E-state index is 0.0537. The molecule has 0 spiro atoms. The Morgan fingerprint density at radius 2 is 2.15 bits per heavy atom. The Morgan fingerprint density at radius 1 is 1.45 bits per heavy atom. The average molecular weight is 299 g/mol. The maximum Gasteiger partial charge on any atom is 0.236 e. The number of aromatic hydroxyl groups is 1. The van der Waals surface area contributed by atoms with Gasteiger partial charge in [0.15, 0.2) is 11.5 Å². The fourth-order valence-electron chi connectivity index (χ4n) is 2.30. The quantitative estimate of drug-likeness (QED) is 0.870. The van der Waals surface area contributed by atoms with Gasteiger partial charge in [-0.05, 0) is 18.9 Å². The van der Waals surface area contributed by atoms with Crippen LogP contribution in [0.25, 0.3) is 0 Å². The molecule has 1 fully saturated rings. The Hall–Kier alpha value is -1.46. The molecular formula is C14H19ClN2O3. The number of benzene rings is 1. The molecule has 1 aromatic rings. The number of phenolic OH excluding ortho intramolecular Hbond substituents is 1. The van der Waals surface area contributed by atoms with Crippen LogP contribution >= 0.6 is 11.6 Å². The van der Waals surface area contributed by atoms with Crippen LogP contribution in [0, 0.1) is 0 Å². The number of likely N-dealkylation sites (tertiary alicyclic amines) is 1. The second-order valence-electron chi connectivity index (χ2n) is 4.81. The summed E-state index contributed by atoms with van der Waals surface area (Å²) in [6.45, 7) is 2.31. The van der Waals surface area contributed by atoms with Crippen LogP contribution in [0.5, 0.6) is 11.5 Å². The van der Waals surface area contributed by atoms with Crippen LogP contribution in [-0.2, 0) is 11.3 Å². The number of hydrogen-bond acceptors (Lipinski definition) is 4. The van der Waals surface area contributed by atoms with E-state index in [4.69, 9.17) is 16.3 Å². The molecule has 1 aromatic carbocycles. The van der Waals surface area contributed by atoms with E-state index in [1.54, 1.807) is 12.1 Å². The fraction of sp³-hybridized carbons (Fsp3) is 0.500. The van der Waals surface area contributed by atoms with Gasteiger partial charge in [-0.2, -0.15) is 0 Å². The zero-order valence-corrected chi connectivity index (χ0v) is 12.2. The molecule has 110 valence electrons. The highest BCUT2D eigenvalue weighted by molar-refractivity contribution is 6.30. The lowest BCUT2D eigenvalue weighted by Gasteiger charge is -2.16. The molecule has 0 aromatic heterocycles. The van der Waals surface area contributed by atoms with Crippen LogP contribution in [0.1, 0.15) is 18.4 Å². The van der Waals surface area contributed by atoms with Crippen molar-refractivity contribution < 1.29 is 14.6 Å². The second kappa shape index (κ2) is 6.81. The summed E-state index contributed by atoms with van der Waals surface area (Å²) in [5, 5.41) is 13.5. The van der Waals surface area contributed by atoms with E-state index in [1.165, 1.54) is 7.11 Å². The number of carbonyl (C=O) groups excluding carboxylic acids is 1. The standard InChI is InChI=1S/C14H19ClN2O3/c1-20-12-7-11(15)6-10(14(12)19)8-16-9-13(18)17-4-2-3-5-17/h6-7,16,19H,2-5,8-9H2,1H3. The molecule has 6 heteroatoms. The van der Waals surface area contributed by atoms with E-state index >= 15 is 0 Å². The summed E-state index contributed by atoms with van der Waals surface area (Å²) < 4.78 is 5.04. The van der Waals surface area contributed by atoms with Crippen LogP contribution < -0.4 is 10.1 Å². The maximum absolute atomic E-state index is 11.9. The molecule has 5 nitrogen and oxygen atoms in total. The predicted octanol–water partition coefficient (Wildman–Crippen LogP) is 1.77. The molecule has 1 aliphatic rings. The van der Waals surface area contributed by atoms with Gasteiger partial charge >= 0.3 is 0 Å². The first kappa shape index (κ1) is 14.9. The predicted molar refractivity (Wildman–Crippen MR) is 77.2 cm³/mol. The first-order chi connectivity index (χ1) is 9.61. The van der Waals surface area contributed by atoms with Crippen molar-refractivity contribution in [2.24, 2.45) is 0 Å². The lowest BCUT2D eigenvalue weighted by atomic mass is 10.2. The first-order valence-electron chi connectivity index (χ1n) is 6.65. The molecule has 1 heterocycles. The number of nitrogens with one attached hydrogen (secondary N) is 1. The van der Waals surface area contributed by atoms with Gasteiger partial charge in [0.25, 0.3) is 0 Å². The Labute approximate surface area is 123 Å². The number of amides is 1. The van der Waals surface area contributed by atoms with Gasteiger partial charge < -0.3 is 20.1 Å². The second-order valence-corrected chi connectivity index (χ2v) is 5.24. The van der Waals surface area contributed by atoms with Crippen LogP contribution in [0.4, 0.5) is 0 Å². The van der Waals surface area contributed by atoms with Gasteiger partial charge in [0, 0.05) is 36.3 Å². The first-order valence-corrected chi connectivity index (χ1v) is 7.03. The maximum atomic E-state index is 11.9. The molecule has 1 saturated heterocycles. The smallest absolute Gasteiger partial charge is 0.236 e. The Bertz CT molecular complexity index is 488. The minimum Gasteiger partial charge on any atom is -0.504 e. The van der Waals surface area contributed by atoms with E-state index < -0.39 is 0 Å². The summed E-state index contributed by atoms with van der Waals surface area (Å²) in [6, 6.07) is 3.21. The van der Waals surface area contributed by atoms with Gasteiger partial charge in [-0.3, -0.25) is 4.79 Å². The topological polar surface area (TPSA) is 61.8 Å². The van der Waals surface area contributed by atoms with Crippen LogP contribution in [0.3, 0.4) is 0 Å².